The number of carbonyl (C=O) groups excluding carboxylic acids is 2. The minimum Gasteiger partial charge on any atom is -0.285 e. The summed E-state index contributed by atoms with van der Waals surface area (Å²) in [5, 5.41) is 0. The van der Waals surface area contributed by atoms with Gasteiger partial charge in [0.1, 0.15) is 0 Å². The van der Waals surface area contributed by atoms with Gasteiger partial charge in [-0.15, -0.1) is 0 Å². The van der Waals surface area contributed by atoms with Crippen molar-refractivity contribution in [1.29, 1.82) is 0 Å². The maximum atomic E-state index is 12.3. The zero-order valence-corrected chi connectivity index (χ0v) is 9.51. The number of allylic oxidation sites excluding steroid dienone is 2. The third kappa shape index (κ3) is 0.751. The highest BCUT2D eigenvalue weighted by Crippen LogP contribution is 2.69. The van der Waals surface area contributed by atoms with Crippen molar-refractivity contribution in [1.82, 2.24) is 4.90 Å². The van der Waals surface area contributed by atoms with Crippen molar-refractivity contribution in [2.45, 2.75) is 25.7 Å². The van der Waals surface area contributed by atoms with E-state index in [0.29, 0.717) is 25.7 Å². The number of nitrogens with zero attached hydrogens (tertiary/aromatic N) is 1. The van der Waals surface area contributed by atoms with Gasteiger partial charge >= 0.3 is 0 Å². The molecule has 0 bridgehead atoms. The molecule has 2 amide bonds. The summed E-state index contributed by atoms with van der Waals surface area (Å²) in [7, 11) is 1.60. The Balaban J connectivity index is 2.24. The van der Waals surface area contributed by atoms with E-state index in [4.69, 9.17) is 0 Å². The molecular weight excluding hydrogens is 202 g/mol. The molecule has 0 radical (unpaired) electrons. The number of amides is 2. The van der Waals surface area contributed by atoms with Crippen LogP contribution in [0.3, 0.4) is 0 Å². The Hall–Kier alpha value is -1.38. The third-order valence-corrected chi connectivity index (χ3v) is 4.55. The highest BCUT2D eigenvalue weighted by atomic mass is 16.2. The van der Waals surface area contributed by atoms with Gasteiger partial charge in [0.15, 0.2) is 0 Å². The Bertz CT molecular complexity index is 403. The summed E-state index contributed by atoms with van der Waals surface area (Å²) < 4.78 is 0. The molecule has 1 aliphatic heterocycles. The standard InChI is InChI=1S/C13H15NO2/c1-8-4-12-6-9(2)7-13(12,5-8)11(16)14(3)10(12)15/h1-2,4-7H2,3H3. The van der Waals surface area contributed by atoms with Crippen LogP contribution in [0, 0.1) is 10.8 Å². The Morgan fingerprint density at radius 1 is 0.938 bits per heavy atom. The van der Waals surface area contributed by atoms with E-state index >= 15 is 0 Å². The molecule has 0 N–H and O–H groups in total. The van der Waals surface area contributed by atoms with Crippen LogP contribution in [-0.4, -0.2) is 23.8 Å². The molecule has 0 unspecified atom stereocenters. The van der Waals surface area contributed by atoms with E-state index in [1.807, 2.05) is 0 Å². The summed E-state index contributed by atoms with van der Waals surface area (Å²) in [5.74, 6) is -0.0374. The van der Waals surface area contributed by atoms with Crippen molar-refractivity contribution in [2.24, 2.45) is 10.8 Å². The lowest BCUT2D eigenvalue weighted by Gasteiger charge is -2.26. The van der Waals surface area contributed by atoms with Gasteiger partial charge in [0, 0.05) is 7.05 Å². The number of hydrogen-bond donors (Lipinski definition) is 0. The first-order chi connectivity index (χ1) is 7.43. The Kier molecular flexibility index (Phi) is 1.52. The van der Waals surface area contributed by atoms with Crippen molar-refractivity contribution in [3.63, 3.8) is 0 Å². The van der Waals surface area contributed by atoms with Crippen molar-refractivity contribution in [2.75, 3.05) is 7.05 Å². The minimum absolute atomic E-state index is 0.0187. The molecule has 16 heavy (non-hydrogen) atoms. The average molecular weight is 217 g/mol. The monoisotopic (exact) mass is 217 g/mol. The number of likely N-dealkylation sites (tertiary alicyclic amines) is 1. The Morgan fingerprint density at radius 2 is 1.25 bits per heavy atom. The van der Waals surface area contributed by atoms with Gasteiger partial charge in [0.05, 0.1) is 10.8 Å². The zero-order valence-electron chi connectivity index (χ0n) is 9.51. The van der Waals surface area contributed by atoms with E-state index in [2.05, 4.69) is 13.2 Å². The van der Waals surface area contributed by atoms with Gasteiger partial charge < -0.3 is 0 Å². The highest BCUT2D eigenvalue weighted by molar-refractivity contribution is 6.11. The molecule has 3 nitrogen and oxygen atoms in total. The molecule has 1 saturated heterocycles. The summed E-state index contributed by atoms with van der Waals surface area (Å²) in [6, 6.07) is 0. The molecule has 3 aliphatic rings. The predicted octanol–water partition coefficient (Wildman–Crippen LogP) is 1.66. The van der Waals surface area contributed by atoms with Crippen LogP contribution < -0.4 is 0 Å². The summed E-state index contributed by atoms with van der Waals surface area (Å²) in [4.78, 5) is 25.9. The highest BCUT2D eigenvalue weighted by Gasteiger charge is 2.73. The van der Waals surface area contributed by atoms with Crippen LogP contribution in [0.1, 0.15) is 25.7 Å². The van der Waals surface area contributed by atoms with Gasteiger partial charge in [0.2, 0.25) is 11.8 Å². The molecule has 0 atom stereocenters. The van der Waals surface area contributed by atoms with Crippen LogP contribution in [0.4, 0.5) is 0 Å². The van der Waals surface area contributed by atoms with Gasteiger partial charge in [-0.3, -0.25) is 14.5 Å². The lowest BCUT2D eigenvalue weighted by Crippen LogP contribution is -2.35. The van der Waals surface area contributed by atoms with Crippen molar-refractivity contribution < 1.29 is 9.59 Å². The first kappa shape index (κ1) is 9.82. The fraction of sp³-hybridized carbons (Fsp3) is 0.538. The zero-order chi connectivity index (χ0) is 11.7. The molecule has 0 aromatic heterocycles. The summed E-state index contributed by atoms with van der Waals surface area (Å²) in [6.07, 6.45) is 2.67. The van der Waals surface area contributed by atoms with Crippen LogP contribution in [0.2, 0.25) is 0 Å². The second-order valence-electron chi connectivity index (χ2n) is 5.54. The quantitative estimate of drug-likeness (QED) is 0.457. The molecule has 3 rings (SSSR count). The third-order valence-electron chi connectivity index (χ3n) is 4.55. The van der Waals surface area contributed by atoms with Crippen molar-refractivity contribution in [3.8, 4) is 0 Å². The second-order valence-corrected chi connectivity index (χ2v) is 5.54. The van der Waals surface area contributed by atoms with Crippen LogP contribution in [0.5, 0.6) is 0 Å². The smallest absolute Gasteiger partial charge is 0.236 e. The van der Waals surface area contributed by atoms with E-state index < -0.39 is 10.8 Å². The number of rotatable bonds is 0. The largest absolute Gasteiger partial charge is 0.285 e. The van der Waals surface area contributed by atoms with Crippen LogP contribution in [0.25, 0.3) is 0 Å². The van der Waals surface area contributed by atoms with Gasteiger partial charge in [-0.05, 0) is 25.7 Å². The lowest BCUT2D eigenvalue weighted by molar-refractivity contribution is -0.140. The van der Waals surface area contributed by atoms with E-state index in [9.17, 15) is 9.59 Å². The molecule has 2 saturated carbocycles. The molecule has 0 aromatic carbocycles. The lowest BCUT2D eigenvalue weighted by atomic mass is 9.70. The molecular formula is C13H15NO2. The summed E-state index contributed by atoms with van der Waals surface area (Å²) in [6.45, 7) is 7.95. The molecule has 2 aliphatic carbocycles. The molecule has 0 aromatic rings. The maximum Gasteiger partial charge on any atom is 0.236 e. The molecule has 0 spiro atoms. The minimum atomic E-state index is -0.521. The fourth-order valence-electron chi connectivity index (χ4n) is 4.08. The first-order valence-corrected chi connectivity index (χ1v) is 5.59. The first-order valence-electron chi connectivity index (χ1n) is 5.59. The number of hydrogen-bond acceptors (Lipinski definition) is 2. The van der Waals surface area contributed by atoms with E-state index in [0.717, 1.165) is 11.1 Å². The molecule has 1 heterocycles. The van der Waals surface area contributed by atoms with Crippen LogP contribution in [0.15, 0.2) is 24.3 Å². The Labute approximate surface area is 94.8 Å². The second kappa shape index (κ2) is 2.47. The van der Waals surface area contributed by atoms with E-state index in [-0.39, 0.29) is 11.8 Å². The SMILES string of the molecule is C=C1CC23CC(=C)CC2(C1)C(=O)N(C)C3=O. The van der Waals surface area contributed by atoms with Crippen LogP contribution >= 0.6 is 0 Å². The number of carbonyl (C=O) groups is 2. The van der Waals surface area contributed by atoms with E-state index in [1.54, 1.807) is 7.05 Å². The molecule has 3 heteroatoms. The van der Waals surface area contributed by atoms with E-state index in [1.165, 1.54) is 4.90 Å². The molecule has 3 fully saturated rings. The number of imide groups is 1. The van der Waals surface area contributed by atoms with Gasteiger partial charge in [-0.25, -0.2) is 0 Å². The fourth-order valence-corrected chi connectivity index (χ4v) is 4.08. The van der Waals surface area contributed by atoms with Crippen molar-refractivity contribution in [3.05, 3.63) is 24.3 Å². The van der Waals surface area contributed by atoms with Gasteiger partial charge in [-0.1, -0.05) is 24.3 Å². The van der Waals surface area contributed by atoms with Gasteiger partial charge in [-0.2, -0.15) is 0 Å². The average Bonchev–Trinajstić information content (AvgIpc) is 2.66. The summed E-state index contributed by atoms with van der Waals surface area (Å²) in [5.41, 5.74) is 1.05. The maximum absolute atomic E-state index is 12.3. The molecule has 84 valence electrons. The predicted molar refractivity (Wildman–Crippen MR) is 59.4 cm³/mol. The van der Waals surface area contributed by atoms with Crippen molar-refractivity contribution >= 4 is 11.8 Å². The Morgan fingerprint density at radius 3 is 1.56 bits per heavy atom. The topological polar surface area (TPSA) is 37.4 Å². The normalized spacial score (nSPS) is 41.9. The summed E-state index contributed by atoms with van der Waals surface area (Å²) >= 11 is 0. The van der Waals surface area contributed by atoms with Gasteiger partial charge in [0.25, 0.3) is 0 Å². The van der Waals surface area contributed by atoms with Crippen LogP contribution in [-0.2, 0) is 9.59 Å².